The summed E-state index contributed by atoms with van der Waals surface area (Å²) in [4.78, 5) is 10.3. The molecule has 5 nitrogen and oxygen atoms in total. The minimum absolute atomic E-state index is 1.18. The van der Waals surface area contributed by atoms with Crippen LogP contribution in [-0.4, -0.2) is 65.7 Å². The van der Waals surface area contributed by atoms with Gasteiger partial charge in [0.2, 0.25) is 0 Å². The van der Waals surface area contributed by atoms with E-state index >= 15 is 0 Å². The Hall–Kier alpha value is -2.24. The van der Waals surface area contributed by atoms with Gasteiger partial charge in [0.1, 0.15) is 0 Å². The van der Waals surface area contributed by atoms with Crippen LogP contribution >= 0.6 is 0 Å². The summed E-state index contributed by atoms with van der Waals surface area (Å²) in [6.07, 6.45) is -55.6. The number of halogens is 19. The number of carbonyl (C=O) groups is 1. The van der Waals surface area contributed by atoms with Gasteiger partial charge < -0.3 is 5.11 Å². The molecule has 0 spiro atoms. The van der Waals surface area contributed by atoms with Gasteiger partial charge in [0.05, 0.1) is 0 Å². The number of carboxylic acid groups (broad SMARTS) is 1. The highest BCUT2D eigenvalue weighted by Gasteiger charge is 2.85. The van der Waals surface area contributed by atoms with Crippen molar-refractivity contribution in [3.05, 3.63) is 12.2 Å². The Bertz CT molecular complexity index is 878. The van der Waals surface area contributed by atoms with Crippen molar-refractivity contribution in [1.29, 1.82) is 0 Å². The molecule has 24 heteroatoms. The molecule has 0 aliphatic heterocycles. The first-order chi connectivity index (χ1) is 16.2. The maximum atomic E-state index is 13.3. The van der Waals surface area contributed by atoms with Gasteiger partial charge in [0.15, 0.2) is 0 Å². The zero-order valence-corrected chi connectivity index (χ0v) is 16.9. The number of alkyl halides is 19. The molecule has 0 aromatic carbocycles. The number of hydrogen-bond acceptors (Lipinski definition) is 4. The van der Waals surface area contributed by atoms with E-state index in [-0.39, 0.29) is 0 Å². The minimum Gasteiger partial charge on any atom is -0.478 e. The topological polar surface area (TPSA) is 65.0 Å². The lowest BCUT2D eigenvalue weighted by atomic mass is 10.1. The summed E-state index contributed by atoms with van der Waals surface area (Å²) in [5.74, 6) is -18.3. The third-order valence-corrected chi connectivity index (χ3v) is 3.60. The summed E-state index contributed by atoms with van der Waals surface area (Å²) < 4.78 is 250. The maximum Gasteiger partial charge on any atom is 0.460 e. The molecule has 0 amide bonds. The third-order valence-electron chi connectivity index (χ3n) is 3.60. The molecule has 0 saturated heterocycles. The van der Waals surface area contributed by atoms with E-state index in [4.69, 9.17) is 5.11 Å². The molecule has 0 saturated carbocycles. The van der Waals surface area contributed by atoms with Crippen molar-refractivity contribution in [2.24, 2.45) is 0 Å². The summed E-state index contributed by atoms with van der Waals surface area (Å²) in [5, 5.41) is 8.32. The number of hydrogen-bond donors (Lipinski definition) is 1. The smallest absolute Gasteiger partial charge is 0.460 e. The SMILES string of the molecule is C=C(CCC(F)(F)OC(F)(F)C(F)(F)OC(F)(F)C(F)(F)OC(F)(F)C(F)(F)C(F)(F)C(F)(F)F)C(=O)O. The van der Waals surface area contributed by atoms with Gasteiger partial charge in [-0.1, -0.05) is 6.58 Å². The molecule has 0 aliphatic carbocycles. The minimum atomic E-state index is -8.20. The second kappa shape index (κ2) is 10.1. The van der Waals surface area contributed by atoms with E-state index in [1.165, 1.54) is 9.47 Å². The van der Waals surface area contributed by atoms with E-state index in [9.17, 15) is 88.2 Å². The van der Waals surface area contributed by atoms with Crippen LogP contribution < -0.4 is 0 Å². The number of aliphatic carboxylic acids is 1. The first-order valence-corrected chi connectivity index (χ1v) is 8.30. The Balaban J connectivity index is 5.99. The van der Waals surface area contributed by atoms with Gasteiger partial charge in [-0.3, -0.25) is 0 Å². The predicted molar refractivity (Wildman–Crippen MR) is 74.9 cm³/mol. The van der Waals surface area contributed by atoms with Crippen LogP contribution in [-0.2, 0) is 19.0 Å². The van der Waals surface area contributed by atoms with Gasteiger partial charge >= 0.3 is 60.6 Å². The largest absolute Gasteiger partial charge is 0.478 e. The first kappa shape index (κ1) is 35.8. The number of carboxylic acids is 1. The van der Waals surface area contributed by atoms with Crippen LogP contribution in [0.15, 0.2) is 12.2 Å². The van der Waals surface area contributed by atoms with Gasteiger partial charge in [-0.2, -0.15) is 83.4 Å². The van der Waals surface area contributed by atoms with Crippen LogP contribution in [0.2, 0.25) is 0 Å². The Morgan fingerprint density at radius 3 is 1.18 bits per heavy atom. The van der Waals surface area contributed by atoms with E-state index in [1.54, 1.807) is 0 Å². The van der Waals surface area contributed by atoms with Crippen molar-refractivity contribution in [3.63, 3.8) is 0 Å². The highest BCUT2D eigenvalue weighted by molar-refractivity contribution is 5.85. The summed E-state index contributed by atoms with van der Waals surface area (Å²) in [6.45, 7) is 2.58. The molecule has 0 unspecified atom stereocenters. The zero-order chi connectivity index (χ0) is 31.2. The monoisotopic (exact) mass is 616 g/mol. The van der Waals surface area contributed by atoms with Crippen LogP contribution in [0, 0.1) is 0 Å². The van der Waals surface area contributed by atoms with Gasteiger partial charge in [-0.25, -0.2) is 19.0 Å². The number of ether oxygens (including phenoxy) is 3. The number of rotatable bonds is 14. The van der Waals surface area contributed by atoms with Crippen LogP contribution in [0.5, 0.6) is 0 Å². The van der Waals surface area contributed by atoms with Crippen LogP contribution in [0.25, 0.3) is 0 Å². The molecule has 0 heterocycles. The highest BCUT2D eigenvalue weighted by Crippen LogP contribution is 2.56. The summed E-state index contributed by atoms with van der Waals surface area (Å²) in [7, 11) is 0. The van der Waals surface area contributed by atoms with E-state index in [1.807, 2.05) is 0 Å². The second-order valence-corrected chi connectivity index (χ2v) is 6.58. The maximum absolute atomic E-state index is 13.3. The molecule has 0 radical (unpaired) electrons. The van der Waals surface area contributed by atoms with Crippen molar-refractivity contribution in [2.75, 3.05) is 0 Å². The molecule has 38 heavy (non-hydrogen) atoms. The van der Waals surface area contributed by atoms with E-state index in [0.717, 1.165) is 0 Å². The molecular weight excluding hydrogens is 609 g/mol. The summed E-state index contributed by atoms with van der Waals surface area (Å²) in [5.41, 5.74) is -1.20. The van der Waals surface area contributed by atoms with Crippen molar-refractivity contribution in [2.45, 2.75) is 67.5 Å². The molecule has 0 aromatic heterocycles. The molecule has 0 fully saturated rings. The molecule has 0 atom stereocenters. The van der Waals surface area contributed by atoms with Crippen LogP contribution in [0.1, 0.15) is 12.8 Å². The average Bonchev–Trinajstić information content (AvgIpc) is 2.61. The molecule has 1 N–H and O–H groups in total. The normalized spacial score (nSPS) is 15.6. The summed E-state index contributed by atoms with van der Waals surface area (Å²) in [6, 6.07) is 0. The van der Waals surface area contributed by atoms with Crippen molar-refractivity contribution >= 4 is 5.97 Å². The van der Waals surface area contributed by atoms with Gasteiger partial charge in [-0.05, 0) is 6.42 Å². The molecule has 0 aliphatic rings. The first-order valence-electron chi connectivity index (χ1n) is 8.30. The molecule has 0 aromatic rings. The lowest BCUT2D eigenvalue weighted by molar-refractivity contribution is -0.569. The van der Waals surface area contributed by atoms with E-state index in [2.05, 4.69) is 11.3 Å². The lowest BCUT2D eigenvalue weighted by Crippen LogP contribution is -2.65. The fourth-order valence-electron chi connectivity index (χ4n) is 1.63. The highest BCUT2D eigenvalue weighted by atomic mass is 19.4. The lowest BCUT2D eigenvalue weighted by Gasteiger charge is -2.37. The molecule has 0 bridgehead atoms. The Labute approximate surface area is 194 Å². The summed E-state index contributed by atoms with van der Waals surface area (Å²) >= 11 is 0. The molecular formula is C14H7F19O5. The van der Waals surface area contributed by atoms with Crippen molar-refractivity contribution in [3.8, 4) is 0 Å². The van der Waals surface area contributed by atoms with Crippen LogP contribution in [0.4, 0.5) is 83.4 Å². The van der Waals surface area contributed by atoms with Gasteiger partial charge in [0, 0.05) is 12.0 Å². The second-order valence-electron chi connectivity index (χ2n) is 6.58. The van der Waals surface area contributed by atoms with E-state index < -0.39 is 79.1 Å². The van der Waals surface area contributed by atoms with Gasteiger partial charge in [-0.15, -0.1) is 0 Å². The van der Waals surface area contributed by atoms with Crippen molar-refractivity contribution in [1.82, 2.24) is 0 Å². The molecule has 0 rings (SSSR count). The Morgan fingerprint density at radius 1 is 0.553 bits per heavy atom. The standard InChI is InChI=1S/C14H7F19O5/c1-4(5(34)35)2-3-6(15,16)36-11(26,27)12(28,29)38-14(32,33)13(30,31)37-10(24,25)8(19,20)7(17,18)9(21,22)23/h1-3H2,(H,34,35). The van der Waals surface area contributed by atoms with Crippen molar-refractivity contribution < 1.29 is 108 Å². The van der Waals surface area contributed by atoms with Crippen LogP contribution in [0.3, 0.4) is 0 Å². The average molecular weight is 616 g/mol. The predicted octanol–water partition coefficient (Wildman–Crippen LogP) is 6.85. The Morgan fingerprint density at radius 2 is 0.868 bits per heavy atom. The molecule has 226 valence electrons. The third kappa shape index (κ3) is 7.24. The van der Waals surface area contributed by atoms with E-state index in [0.29, 0.717) is 0 Å². The quantitative estimate of drug-likeness (QED) is 0.171. The fourth-order valence-corrected chi connectivity index (χ4v) is 1.63. The zero-order valence-electron chi connectivity index (χ0n) is 16.9. The van der Waals surface area contributed by atoms with Gasteiger partial charge in [0.25, 0.3) is 0 Å². The fraction of sp³-hybridized carbons (Fsp3) is 0.786. The Kier molecular flexibility index (Phi) is 9.47.